The van der Waals surface area contributed by atoms with Crippen LogP contribution in [0.2, 0.25) is 0 Å². The van der Waals surface area contributed by atoms with Gasteiger partial charge in [0.1, 0.15) is 5.75 Å². The van der Waals surface area contributed by atoms with Crippen LogP contribution in [0.25, 0.3) is 0 Å². The van der Waals surface area contributed by atoms with Crippen molar-refractivity contribution in [2.24, 2.45) is 5.73 Å². The molecule has 0 aromatic heterocycles. The van der Waals surface area contributed by atoms with Gasteiger partial charge in [-0.1, -0.05) is 17.7 Å². The fourth-order valence-electron chi connectivity index (χ4n) is 2.07. The summed E-state index contributed by atoms with van der Waals surface area (Å²) in [6, 6.07) is 6.40. The number of hydrogen-bond donors (Lipinski definition) is 1. The Bertz CT molecular complexity index is 356. The van der Waals surface area contributed by atoms with Gasteiger partial charge < -0.3 is 10.5 Å². The molecule has 1 fully saturated rings. The quantitative estimate of drug-likeness (QED) is 0.819. The monoisotopic (exact) mass is 205 g/mol. The third kappa shape index (κ3) is 1.86. The van der Waals surface area contributed by atoms with Gasteiger partial charge in [0, 0.05) is 17.5 Å². The number of aryl methyl sites for hydroxylation is 1. The summed E-state index contributed by atoms with van der Waals surface area (Å²) in [4.78, 5) is 0. The molecule has 82 valence electrons. The van der Waals surface area contributed by atoms with Gasteiger partial charge in [0.05, 0.1) is 6.61 Å². The normalized spacial score (nSPS) is 17.5. The Morgan fingerprint density at radius 2 is 2.13 bits per heavy atom. The lowest BCUT2D eigenvalue weighted by atomic mass is 9.93. The van der Waals surface area contributed by atoms with E-state index in [1.807, 2.05) is 6.92 Å². The fraction of sp³-hybridized carbons (Fsp3) is 0.538. The molecule has 1 aliphatic rings. The molecule has 2 N–H and O–H groups in total. The zero-order chi connectivity index (χ0) is 10.9. The number of nitrogens with two attached hydrogens (primary N) is 1. The van der Waals surface area contributed by atoms with Crippen LogP contribution in [-0.4, -0.2) is 13.2 Å². The van der Waals surface area contributed by atoms with Gasteiger partial charge in [-0.15, -0.1) is 0 Å². The molecule has 0 unspecified atom stereocenters. The zero-order valence-corrected chi connectivity index (χ0v) is 9.55. The lowest BCUT2D eigenvalue weighted by molar-refractivity contribution is 0.333. The molecule has 0 atom stereocenters. The van der Waals surface area contributed by atoms with Gasteiger partial charge in [-0.05, 0) is 32.8 Å². The third-order valence-corrected chi connectivity index (χ3v) is 3.25. The topological polar surface area (TPSA) is 35.2 Å². The van der Waals surface area contributed by atoms with Gasteiger partial charge in [0.15, 0.2) is 0 Å². The maximum atomic E-state index is 5.86. The maximum Gasteiger partial charge on any atom is 0.123 e. The minimum Gasteiger partial charge on any atom is -0.494 e. The van der Waals surface area contributed by atoms with E-state index >= 15 is 0 Å². The fourth-order valence-corrected chi connectivity index (χ4v) is 2.07. The molecule has 1 aliphatic carbocycles. The van der Waals surface area contributed by atoms with Crippen LogP contribution in [0.5, 0.6) is 5.75 Å². The van der Waals surface area contributed by atoms with Crippen molar-refractivity contribution in [2.75, 3.05) is 13.2 Å². The lowest BCUT2D eigenvalue weighted by Crippen LogP contribution is -2.20. The molecule has 0 amide bonds. The molecule has 0 aliphatic heterocycles. The molecular formula is C13H19NO. The number of ether oxygens (including phenoxy) is 1. The van der Waals surface area contributed by atoms with E-state index in [0.717, 1.165) is 18.9 Å². The predicted molar refractivity (Wildman–Crippen MR) is 62.3 cm³/mol. The van der Waals surface area contributed by atoms with Gasteiger partial charge in [-0.3, -0.25) is 0 Å². The van der Waals surface area contributed by atoms with Crippen LogP contribution in [0.1, 0.15) is 30.9 Å². The molecule has 1 saturated carbocycles. The molecule has 2 nitrogen and oxygen atoms in total. The zero-order valence-electron chi connectivity index (χ0n) is 9.55. The SMILES string of the molecule is CCOc1ccc(C)cc1C1(CN)CC1. The van der Waals surface area contributed by atoms with Gasteiger partial charge in [-0.2, -0.15) is 0 Å². The molecule has 1 aromatic carbocycles. The molecule has 1 aromatic rings. The molecule has 15 heavy (non-hydrogen) atoms. The Morgan fingerprint density at radius 1 is 1.40 bits per heavy atom. The Kier molecular flexibility index (Phi) is 2.70. The van der Waals surface area contributed by atoms with Crippen LogP contribution >= 0.6 is 0 Å². The molecular weight excluding hydrogens is 186 g/mol. The Labute approximate surface area is 91.4 Å². The van der Waals surface area contributed by atoms with E-state index in [2.05, 4.69) is 25.1 Å². The Hall–Kier alpha value is -1.02. The summed E-state index contributed by atoms with van der Waals surface area (Å²) in [6.45, 7) is 5.59. The maximum absolute atomic E-state index is 5.86. The van der Waals surface area contributed by atoms with E-state index < -0.39 is 0 Å². The van der Waals surface area contributed by atoms with Crippen LogP contribution in [0.3, 0.4) is 0 Å². The van der Waals surface area contributed by atoms with Crippen molar-refractivity contribution in [2.45, 2.75) is 32.1 Å². The lowest BCUT2D eigenvalue weighted by Gasteiger charge is -2.18. The second-order valence-electron chi connectivity index (χ2n) is 4.42. The van der Waals surface area contributed by atoms with Crippen molar-refractivity contribution < 1.29 is 4.74 Å². The van der Waals surface area contributed by atoms with E-state index in [9.17, 15) is 0 Å². The molecule has 0 spiro atoms. The van der Waals surface area contributed by atoms with Gasteiger partial charge in [0.25, 0.3) is 0 Å². The highest BCUT2D eigenvalue weighted by Crippen LogP contribution is 2.50. The third-order valence-electron chi connectivity index (χ3n) is 3.25. The predicted octanol–water partition coefficient (Wildman–Crippen LogP) is 2.38. The van der Waals surface area contributed by atoms with Crippen molar-refractivity contribution in [1.82, 2.24) is 0 Å². The highest BCUT2D eigenvalue weighted by molar-refractivity contribution is 5.45. The average molecular weight is 205 g/mol. The first-order valence-corrected chi connectivity index (χ1v) is 5.66. The summed E-state index contributed by atoms with van der Waals surface area (Å²) in [5.41, 5.74) is 8.68. The summed E-state index contributed by atoms with van der Waals surface area (Å²) in [6.07, 6.45) is 2.40. The van der Waals surface area contributed by atoms with E-state index in [0.29, 0.717) is 0 Å². The highest BCUT2D eigenvalue weighted by Gasteiger charge is 2.44. The smallest absolute Gasteiger partial charge is 0.123 e. The van der Waals surface area contributed by atoms with Crippen molar-refractivity contribution in [3.63, 3.8) is 0 Å². The van der Waals surface area contributed by atoms with Crippen LogP contribution in [0.15, 0.2) is 18.2 Å². The summed E-state index contributed by atoms with van der Waals surface area (Å²) < 4.78 is 5.66. The van der Waals surface area contributed by atoms with E-state index in [4.69, 9.17) is 10.5 Å². The average Bonchev–Trinajstić information content (AvgIpc) is 3.02. The van der Waals surface area contributed by atoms with Crippen molar-refractivity contribution in [1.29, 1.82) is 0 Å². The molecule has 2 rings (SSSR count). The summed E-state index contributed by atoms with van der Waals surface area (Å²) in [7, 11) is 0. The first-order chi connectivity index (χ1) is 7.22. The van der Waals surface area contributed by atoms with Crippen molar-refractivity contribution in [3.05, 3.63) is 29.3 Å². The molecule has 0 saturated heterocycles. The van der Waals surface area contributed by atoms with E-state index in [1.54, 1.807) is 0 Å². The Morgan fingerprint density at radius 3 is 2.67 bits per heavy atom. The Balaban J connectivity index is 2.38. The highest BCUT2D eigenvalue weighted by atomic mass is 16.5. The standard InChI is InChI=1S/C13H19NO/c1-3-15-12-5-4-10(2)8-11(12)13(9-14)6-7-13/h4-5,8H,3,6-7,9,14H2,1-2H3. The van der Waals surface area contributed by atoms with E-state index in [1.165, 1.54) is 24.0 Å². The summed E-state index contributed by atoms with van der Waals surface area (Å²) in [5.74, 6) is 1.02. The molecule has 0 radical (unpaired) electrons. The van der Waals surface area contributed by atoms with Crippen LogP contribution < -0.4 is 10.5 Å². The van der Waals surface area contributed by atoms with Gasteiger partial charge in [-0.25, -0.2) is 0 Å². The molecule has 0 heterocycles. The van der Waals surface area contributed by atoms with E-state index in [-0.39, 0.29) is 5.41 Å². The number of benzene rings is 1. The van der Waals surface area contributed by atoms with Gasteiger partial charge >= 0.3 is 0 Å². The summed E-state index contributed by atoms with van der Waals surface area (Å²) in [5, 5.41) is 0. The molecule has 2 heteroatoms. The van der Waals surface area contributed by atoms with Crippen LogP contribution in [-0.2, 0) is 5.41 Å². The van der Waals surface area contributed by atoms with Crippen molar-refractivity contribution >= 4 is 0 Å². The van der Waals surface area contributed by atoms with Crippen LogP contribution in [0.4, 0.5) is 0 Å². The minimum atomic E-state index is 0.219. The molecule has 0 bridgehead atoms. The second kappa shape index (κ2) is 3.86. The first-order valence-electron chi connectivity index (χ1n) is 5.66. The largest absolute Gasteiger partial charge is 0.494 e. The minimum absolute atomic E-state index is 0.219. The second-order valence-corrected chi connectivity index (χ2v) is 4.42. The van der Waals surface area contributed by atoms with Crippen molar-refractivity contribution in [3.8, 4) is 5.75 Å². The number of hydrogen-bond acceptors (Lipinski definition) is 2. The van der Waals surface area contributed by atoms with Crippen LogP contribution in [0, 0.1) is 6.92 Å². The van der Waals surface area contributed by atoms with Gasteiger partial charge in [0.2, 0.25) is 0 Å². The first kappa shape index (κ1) is 10.5. The number of rotatable bonds is 4. The summed E-state index contributed by atoms with van der Waals surface area (Å²) >= 11 is 0.